The van der Waals surface area contributed by atoms with Gasteiger partial charge in [-0.25, -0.2) is 0 Å². The molecule has 5 heteroatoms. The Morgan fingerprint density at radius 2 is 2.15 bits per heavy atom. The van der Waals surface area contributed by atoms with Crippen LogP contribution in [0.25, 0.3) is 10.9 Å². The van der Waals surface area contributed by atoms with Crippen LogP contribution in [0.4, 0.5) is 0 Å². The fraction of sp³-hybridized carbons (Fsp3) is 0.0667. The minimum absolute atomic E-state index is 0.404. The third-order valence-corrected chi connectivity index (χ3v) is 3.83. The normalized spacial score (nSPS) is 10.8. The molecule has 2 heterocycles. The van der Waals surface area contributed by atoms with E-state index in [2.05, 4.69) is 15.6 Å². The minimum atomic E-state index is 0.404. The lowest BCUT2D eigenvalue weighted by Gasteiger charge is -2.08. The highest BCUT2D eigenvalue weighted by atomic mass is 35.5. The van der Waals surface area contributed by atoms with E-state index in [9.17, 15) is 0 Å². The fourth-order valence-electron chi connectivity index (χ4n) is 2.19. The summed E-state index contributed by atoms with van der Waals surface area (Å²) < 4.78 is 2.12. The average molecular weight is 302 g/mol. The summed E-state index contributed by atoms with van der Waals surface area (Å²) in [7, 11) is 0. The molecule has 0 aliphatic carbocycles. The van der Waals surface area contributed by atoms with Crippen LogP contribution >= 0.6 is 23.8 Å². The molecular weight excluding hydrogens is 290 g/mol. The van der Waals surface area contributed by atoms with E-state index in [-0.39, 0.29) is 0 Å². The van der Waals surface area contributed by atoms with Crippen molar-refractivity contribution in [2.24, 2.45) is 5.73 Å². The van der Waals surface area contributed by atoms with Crippen LogP contribution in [0.15, 0.2) is 48.9 Å². The van der Waals surface area contributed by atoms with E-state index in [4.69, 9.17) is 29.6 Å². The molecule has 1 aromatic carbocycles. The molecule has 0 radical (unpaired) electrons. The Morgan fingerprint density at radius 1 is 1.30 bits per heavy atom. The summed E-state index contributed by atoms with van der Waals surface area (Å²) in [4.78, 5) is 4.40. The Balaban J connectivity index is 2.06. The van der Waals surface area contributed by atoms with Gasteiger partial charge in [-0.2, -0.15) is 0 Å². The van der Waals surface area contributed by atoms with Crippen LogP contribution in [0.3, 0.4) is 0 Å². The molecule has 3 nitrogen and oxygen atoms in total. The highest BCUT2D eigenvalue weighted by Gasteiger charge is 2.06. The summed E-state index contributed by atoms with van der Waals surface area (Å²) in [6, 6.07) is 9.95. The maximum Gasteiger partial charge on any atom is 0.104 e. The molecule has 0 atom stereocenters. The molecule has 20 heavy (non-hydrogen) atoms. The molecule has 100 valence electrons. The zero-order chi connectivity index (χ0) is 14.1. The van der Waals surface area contributed by atoms with Gasteiger partial charge >= 0.3 is 0 Å². The van der Waals surface area contributed by atoms with Gasteiger partial charge < -0.3 is 10.3 Å². The maximum absolute atomic E-state index is 6.16. The summed E-state index contributed by atoms with van der Waals surface area (Å²) in [6.45, 7) is 0.686. The van der Waals surface area contributed by atoms with Gasteiger partial charge in [0.25, 0.3) is 0 Å². The van der Waals surface area contributed by atoms with Crippen molar-refractivity contribution in [3.05, 3.63) is 65.1 Å². The molecule has 0 saturated carbocycles. The molecule has 0 saturated heterocycles. The lowest BCUT2D eigenvalue weighted by molar-refractivity contribution is 0.835. The molecular formula is C15H12ClN3S. The van der Waals surface area contributed by atoms with E-state index in [1.54, 1.807) is 12.4 Å². The van der Waals surface area contributed by atoms with Gasteiger partial charge in [-0.1, -0.05) is 36.0 Å². The lowest BCUT2D eigenvalue weighted by atomic mass is 10.1. The number of nitrogens with zero attached hydrogens (tertiary/aromatic N) is 2. The van der Waals surface area contributed by atoms with E-state index in [1.807, 2.05) is 30.5 Å². The molecule has 0 aliphatic rings. The number of fused-ring (bicyclic) bond motifs is 1. The van der Waals surface area contributed by atoms with E-state index >= 15 is 0 Å². The Morgan fingerprint density at radius 3 is 2.90 bits per heavy atom. The molecule has 2 aromatic heterocycles. The van der Waals surface area contributed by atoms with Crippen molar-refractivity contribution in [3.8, 4) is 0 Å². The largest absolute Gasteiger partial charge is 0.389 e. The second-order valence-corrected chi connectivity index (χ2v) is 5.40. The summed E-state index contributed by atoms with van der Waals surface area (Å²) in [5.74, 6) is 0. The van der Waals surface area contributed by atoms with Crippen LogP contribution in [0.5, 0.6) is 0 Å². The van der Waals surface area contributed by atoms with Crippen molar-refractivity contribution in [3.63, 3.8) is 0 Å². The summed E-state index contributed by atoms with van der Waals surface area (Å²) >= 11 is 11.2. The number of rotatable bonds is 3. The number of hydrogen-bond donors (Lipinski definition) is 1. The topological polar surface area (TPSA) is 43.8 Å². The van der Waals surface area contributed by atoms with E-state index in [0.29, 0.717) is 16.6 Å². The van der Waals surface area contributed by atoms with Crippen LogP contribution in [-0.4, -0.2) is 14.5 Å². The second-order valence-electron chi connectivity index (χ2n) is 4.55. The van der Waals surface area contributed by atoms with Crippen molar-refractivity contribution in [2.45, 2.75) is 6.54 Å². The van der Waals surface area contributed by atoms with Gasteiger partial charge in [0.1, 0.15) is 4.99 Å². The van der Waals surface area contributed by atoms with Crippen molar-refractivity contribution in [2.75, 3.05) is 0 Å². The number of pyridine rings is 1. The zero-order valence-corrected chi connectivity index (χ0v) is 12.2. The Kier molecular flexibility index (Phi) is 3.42. The molecule has 0 unspecified atom stereocenters. The van der Waals surface area contributed by atoms with Gasteiger partial charge in [0.05, 0.1) is 5.02 Å². The smallest absolute Gasteiger partial charge is 0.104 e. The predicted molar refractivity (Wildman–Crippen MR) is 86.2 cm³/mol. The van der Waals surface area contributed by atoms with Gasteiger partial charge in [-0.3, -0.25) is 4.98 Å². The Bertz CT molecular complexity index is 795. The lowest BCUT2D eigenvalue weighted by Crippen LogP contribution is -2.09. The van der Waals surface area contributed by atoms with Crippen LogP contribution in [0, 0.1) is 0 Å². The van der Waals surface area contributed by atoms with Crippen molar-refractivity contribution in [1.82, 2.24) is 9.55 Å². The van der Waals surface area contributed by atoms with Crippen LogP contribution in [0.1, 0.15) is 11.1 Å². The molecule has 3 rings (SSSR count). The zero-order valence-electron chi connectivity index (χ0n) is 10.6. The van der Waals surface area contributed by atoms with E-state index in [0.717, 1.165) is 22.0 Å². The molecule has 3 aromatic rings. The first kappa shape index (κ1) is 13.1. The van der Waals surface area contributed by atoms with Crippen LogP contribution in [0.2, 0.25) is 5.02 Å². The summed E-state index contributed by atoms with van der Waals surface area (Å²) in [5.41, 5.74) is 8.68. The van der Waals surface area contributed by atoms with Gasteiger partial charge in [0.15, 0.2) is 0 Å². The van der Waals surface area contributed by atoms with Crippen molar-refractivity contribution < 1.29 is 0 Å². The fourth-order valence-corrected chi connectivity index (χ4v) is 2.50. The van der Waals surface area contributed by atoms with Crippen molar-refractivity contribution >= 4 is 39.7 Å². The first-order chi connectivity index (χ1) is 9.65. The monoisotopic (exact) mass is 301 g/mol. The number of aromatic nitrogens is 2. The molecule has 0 spiro atoms. The van der Waals surface area contributed by atoms with Gasteiger partial charge in [-0.05, 0) is 29.1 Å². The Labute approximate surface area is 127 Å². The third kappa shape index (κ3) is 2.40. The minimum Gasteiger partial charge on any atom is -0.389 e. The summed E-state index contributed by atoms with van der Waals surface area (Å²) in [6.07, 6.45) is 5.43. The quantitative estimate of drug-likeness (QED) is 0.754. The molecule has 0 aliphatic heterocycles. The third-order valence-electron chi connectivity index (χ3n) is 3.26. The van der Waals surface area contributed by atoms with Crippen molar-refractivity contribution in [1.29, 1.82) is 0 Å². The second kappa shape index (κ2) is 5.23. The van der Waals surface area contributed by atoms with Gasteiger partial charge in [0, 0.05) is 36.2 Å². The number of benzene rings is 1. The van der Waals surface area contributed by atoms with E-state index in [1.165, 1.54) is 0 Å². The van der Waals surface area contributed by atoms with E-state index < -0.39 is 0 Å². The number of thiocarbonyl (C=S) groups is 1. The molecule has 2 N–H and O–H groups in total. The number of hydrogen-bond acceptors (Lipinski definition) is 2. The standard InChI is InChI=1S/C15H12ClN3S/c16-13-8-18-5-3-12(13)9-19-6-4-10-1-2-11(15(17)20)7-14(10)19/h1-8H,9H2,(H2,17,20). The van der Waals surface area contributed by atoms with Gasteiger partial charge in [0.2, 0.25) is 0 Å². The number of halogens is 1. The SMILES string of the molecule is NC(=S)c1ccc2ccn(Cc3ccncc3Cl)c2c1. The number of nitrogens with two attached hydrogens (primary N) is 1. The highest BCUT2D eigenvalue weighted by Crippen LogP contribution is 2.21. The predicted octanol–water partition coefficient (Wildman–Crippen LogP) is 3.37. The molecule has 0 amide bonds. The maximum atomic E-state index is 6.16. The highest BCUT2D eigenvalue weighted by molar-refractivity contribution is 7.80. The average Bonchev–Trinajstić information content (AvgIpc) is 2.84. The van der Waals surface area contributed by atoms with Gasteiger partial charge in [-0.15, -0.1) is 0 Å². The Hall–Kier alpha value is -1.91. The summed E-state index contributed by atoms with van der Waals surface area (Å²) in [5, 5.41) is 1.81. The first-order valence-electron chi connectivity index (χ1n) is 6.12. The van der Waals surface area contributed by atoms with Crippen LogP contribution < -0.4 is 5.73 Å². The first-order valence-corrected chi connectivity index (χ1v) is 6.91. The molecule has 0 bridgehead atoms. The van der Waals surface area contributed by atoms with Crippen LogP contribution in [-0.2, 0) is 6.54 Å². The molecule has 0 fully saturated rings.